The molecule has 1 aromatic rings. The molecular formula is C13H16FNO3. The summed E-state index contributed by atoms with van der Waals surface area (Å²) in [5.74, 6) is -1.18. The average molecular weight is 253 g/mol. The summed E-state index contributed by atoms with van der Waals surface area (Å²) in [5.41, 5.74) is 0.965. The minimum absolute atomic E-state index is 0.305. The maximum atomic E-state index is 14.2. The molecule has 1 saturated heterocycles. The molecule has 0 aliphatic carbocycles. The molecule has 0 saturated carbocycles. The van der Waals surface area contributed by atoms with Crippen LogP contribution in [0.3, 0.4) is 0 Å². The maximum absolute atomic E-state index is 14.2. The van der Waals surface area contributed by atoms with Crippen LogP contribution in [0.15, 0.2) is 12.1 Å². The van der Waals surface area contributed by atoms with Gasteiger partial charge in [-0.05, 0) is 25.0 Å². The number of aliphatic carboxylic acids is 1. The van der Waals surface area contributed by atoms with E-state index >= 15 is 0 Å². The molecule has 0 bridgehead atoms. The van der Waals surface area contributed by atoms with Gasteiger partial charge in [-0.1, -0.05) is 6.07 Å². The van der Waals surface area contributed by atoms with Gasteiger partial charge in [0, 0.05) is 18.2 Å². The quantitative estimate of drug-likeness (QED) is 0.863. The van der Waals surface area contributed by atoms with Crippen molar-refractivity contribution in [3.8, 4) is 5.75 Å². The zero-order valence-electron chi connectivity index (χ0n) is 10.4. The van der Waals surface area contributed by atoms with E-state index in [2.05, 4.69) is 5.32 Å². The summed E-state index contributed by atoms with van der Waals surface area (Å²) in [6.07, 6.45) is 0.381. The van der Waals surface area contributed by atoms with Crippen LogP contribution >= 0.6 is 0 Å². The summed E-state index contributed by atoms with van der Waals surface area (Å²) in [6.45, 7) is 2.04. The number of rotatable bonds is 3. The van der Waals surface area contributed by atoms with Gasteiger partial charge in [0.15, 0.2) is 0 Å². The summed E-state index contributed by atoms with van der Waals surface area (Å²) >= 11 is 0. The van der Waals surface area contributed by atoms with Crippen LogP contribution in [-0.4, -0.2) is 24.7 Å². The predicted molar refractivity (Wildman–Crippen MR) is 64.2 cm³/mol. The second-order valence-electron chi connectivity index (χ2n) is 4.54. The molecule has 2 N–H and O–H groups in total. The van der Waals surface area contributed by atoms with Gasteiger partial charge in [-0.3, -0.25) is 4.79 Å². The van der Waals surface area contributed by atoms with E-state index in [0.29, 0.717) is 29.8 Å². The first-order valence-electron chi connectivity index (χ1n) is 5.83. The number of nitrogens with one attached hydrogen (secondary N) is 1. The zero-order chi connectivity index (χ0) is 13.3. The average Bonchev–Trinajstić information content (AvgIpc) is 2.81. The number of carbonyl (C=O) groups is 1. The number of aryl methyl sites for hydroxylation is 1. The second kappa shape index (κ2) is 4.94. The minimum atomic E-state index is -0.850. The van der Waals surface area contributed by atoms with Gasteiger partial charge in [-0.25, -0.2) is 4.39 Å². The van der Waals surface area contributed by atoms with Crippen LogP contribution in [0.2, 0.25) is 0 Å². The number of halogens is 1. The van der Waals surface area contributed by atoms with Crippen molar-refractivity contribution in [3.05, 3.63) is 29.1 Å². The topological polar surface area (TPSA) is 58.6 Å². The number of carboxylic acids is 1. The predicted octanol–water partition coefficient (Wildman–Crippen LogP) is 1.88. The molecule has 1 aromatic carbocycles. The molecule has 1 heterocycles. The van der Waals surface area contributed by atoms with E-state index in [0.717, 1.165) is 0 Å². The zero-order valence-corrected chi connectivity index (χ0v) is 10.4. The fourth-order valence-corrected chi connectivity index (χ4v) is 2.33. The minimum Gasteiger partial charge on any atom is -0.496 e. The SMILES string of the molecule is COc1ccc(C)c(F)c1C1CC(C(=O)O)CN1. The number of hydrogen-bond donors (Lipinski definition) is 2. The van der Waals surface area contributed by atoms with Gasteiger partial charge in [-0.2, -0.15) is 0 Å². The van der Waals surface area contributed by atoms with Gasteiger partial charge < -0.3 is 15.2 Å². The van der Waals surface area contributed by atoms with Crippen LogP contribution in [-0.2, 0) is 4.79 Å². The third-order valence-corrected chi connectivity index (χ3v) is 3.38. The number of hydrogen-bond acceptors (Lipinski definition) is 3. The molecule has 0 radical (unpaired) electrons. The van der Waals surface area contributed by atoms with E-state index in [9.17, 15) is 9.18 Å². The Kier molecular flexibility index (Phi) is 3.52. The highest BCUT2D eigenvalue weighted by molar-refractivity contribution is 5.71. The first kappa shape index (κ1) is 12.8. The molecule has 1 fully saturated rings. The molecule has 18 heavy (non-hydrogen) atoms. The summed E-state index contributed by atoms with van der Waals surface area (Å²) in [7, 11) is 1.48. The van der Waals surface area contributed by atoms with Crippen molar-refractivity contribution in [1.82, 2.24) is 5.32 Å². The molecule has 1 aliphatic heterocycles. The molecule has 4 nitrogen and oxygen atoms in total. The molecule has 2 atom stereocenters. The fraction of sp³-hybridized carbons (Fsp3) is 0.462. The van der Waals surface area contributed by atoms with Crippen molar-refractivity contribution in [2.75, 3.05) is 13.7 Å². The maximum Gasteiger partial charge on any atom is 0.307 e. The second-order valence-corrected chi connectivity index (χ2v) is 4.54. The van der Waals surface area contributed by atoms with Crippen LogP contribution < -0.4 is 10.1 Å². The Bertz CT molecular complexity index is 476. The summed E-state index contributed by atoms with van der Waals surface area (Å²) in [5, 5.41) is 12.0. The third-order valence-electron chi connectivity index (χ3n) is 3.38. The van der Waals surface area contributed by atoms with E-state index in [1.807, 2.05) is 0 Å². The summed E-state index contributed by atoms with van der Waals surface area (Å²) < 4.78 is 19.3. The molecule has 98 valence electrons. The highest BCUT2D eigenvalue weighted by atomic mass is 19.1. The van der Waals surface area contributed by atoms with Crippen molar-refractivity contribution in [3.63, 3.8) is 0 Å². The van der Waals surface area contributed by atoms with Crippen LogP contribution in [0.5, 0.6) is 5.75 Å². The van der Waals surface area contributed by atoms with E-state index in [1.54, 1.807) is 19.1 Å². The Morgan fingerprint density at radius 1 is 1.56 bits per heavy atom. The molecule has 5 heteroatoms. The van der Waals surface area contributed by atoms with E-state index in [-0.39, 0.29) is 11.9 Å². The molecule has 1 aliphatic rings. The summed E-state index contributed by atoms with van der Waals surface area (Å²) in [6, 6.07) is 3.06. The smallest absolute Gasteiger partial charge is 0.307 e. The van der Waals surface area contributed by atoms with Gasteiger partial charge in [0.2, 0.25) is 0 Å². The van der Waals surface area contributed by atoms with Crippen molar-refractivity contribution < 1.29 is 19.0 Å². The normalized spacial score (nSPS) is 23.1. The molecular weight excluding hydrogens is 237 g/mol. The highest BCUT2D eigenvalue weighted by Crippen LogP contribution is 2.36. The van der Waals surface area contributed by atoms with Crippen molar-refractivity contribution >= 4 is 5.97 Å². The number of carboxylic acid groups (broad SMARTS) is 1. The Balaban J connectivity index is 2.34. The van der Waals surface area contributed by atoms with Gasteiger partial charge in [0.25, 0.3) is 0 Å². The first-order valence-corrected chi connectivity index (χ1v) is 5.83. The molecule has 2 rings (SSSR count). The van der Waals surface area contributed by atoms with Crippen LogP contribution in [0.25, 0.3) is 0 Å². The fourth-order valence-electron chi connectivity index (χ4n) is 2.33. The van der Waals surface area contributed by atoms with Crippen molar-refractivity contribution in [2.45, 2.75) is 19.4 Å². The Morgan fingerprint density at radius 2 is 2.28 bits per heavy atom. The lowest BCUT2D eigenvalue weighted by atomic mass is 9.97. The number of methoxy groups -OCH3 is 1. The van der Waals surface area contributed by atoms with Gasteiger partial charge in [0.05, 0.1) is 13.0 Å². The lowest BCUT2D eigenvalue weighted by Crippen LogP contribution is -2.18. The van der Waals surface area contributed by atoms with Crippen molar-refractivity contribution in [2.24, 2.45) is 5.92 Å². The molecule has 0 amide bonds. The van der Waals surface area contributed by atoms with Crippen molar-refractivity contribution in [1.29, 1.82) is 0 Å². The Hall–Kier alpha value is -1.62. The lowest BCUT2D eigenvalue weighted by Gasteiger charge is -2.17. The van der Waals surface area contributed by atoms with Crippen LogP contribution in [0.4, 0.5) is 4.39 Å². The first-order chi connectivity index (χ1) is 8.54. The van der Waals surface area contributed by atoms with Gasteiger partial charge >= 0.3 is 5.97 Å². The highest BCUT2D eigenvalue weighted by Gasteiger charge is 2.33. The standard InChI is InChI=1S/C13H16FNO3/c1-7-3-4-10(18-2)11(12(7)14)9-5-8(6-15-9)13(16)17/h3-4,8-9,15H,5-6H2,1-2H3,(H,16,17). The van der Waals surface area contributed by atoms with E-state index in [4.69, 9.17) is 9.84 Å². The van der Waals surface area contributed by atoms with Gasteiger partial charge in [-0.15, -0.1) is 0 Å². The monoisotopic (exact) mass is 253 g/mol. The molecule has 2 unspecified atom stereocenters. The largest absolute Gasteiger partial charge is 0.496 e. The van der Waals surface area contributed by atoms with Crippen LogP contribution in [0, 0.1) is 18.7 Å². The number of ether oxygens (including phenoxy) is 1. The van der Waals surface area contributed by atoms with Crippen LogP contribution in [0.1, 0.15) is 23.6 Å². The van der Waals surface area contributed by atoms with E-state index < -0.39 is 11.9 Å². The molecule has 0 spiro atoms. The summed E-state index contributed by atoms with van der Waals surface area (Å²) in [4.78, 5) is 10.9. The third kappa shape index (κ3) is 2.18. The van der Waals surface area contributed by atoms with Gasteiger partial charge in [0.1, 0.15) is 11.6 Å². The number of benzene rings is 1. The Labute approximate surface area is 105 Å². The van der Waals surface area contributed by atoms with E-state index in [1.165, 1.54) is 7.11 Å². The molecule has 0 aromatic heterocycles. The Morgan fingerprint density at radius 3 is 2.83 bits per heavy atom. The lowest BCUT2D eigenvalue weighted by molar-refractivity contribution is -0.141.